The molecule has 5 nitrogen and oxygen atoms in total. The molecule has 2 aromatic carbocycles. The van der Waals surface area contributed by atoms with E-state index in [4.69, 9.17) is 27.9 Å². The number of nitrogens with zero attached hydrogens (tertiary/aromatic N) is 2. The number of methoxy groups -OCH3 is 1. The first-order valence-corrected chi connectivity index (χ1v) is 8.51. The lowest BCUT2D eigenvalue weighted by atomic mass is 10.1. The van der Waals surface area contributed by atoms with Gasteiger partial charge < -0.3 is 10.1 Å². The highest BCUT2D eigenvalue weighted by molar-refractivity contribution is 6.35. The van der Waals surface area contributed by atoms with E-state index >= 15 is 0 Å². The first-order chi connectivity index (χ1) is 12.6. The van der Waals surface area contributed by atoms with Crippen LogP contribution in [0, 0.1) is 0 Å². The van der Waals surface area contributed by atoms with Gasteiger partial charge >= 0.3 is 0 Å². The fourth-order valence-electron chi connectivity index (χ4n) is 2.35. The Morgan fingerprint density at radius 3 is 2.58 bits per heavy atom. The van der Waals surface area contributed by atoms with Crippen LogP contribution >= 0.6 is 23.2 Å². The smallest absolute Gasteiger partial charge is 0.253 e. The molecule has 0 bridgehead atoms. The maximum atomic E-state index is 12.3. The highest BCUT2D eigenvalue weighted by atomic mass is 35.5. The molecule has 0 saturated carbocycles. The quantitative estimate of drug-likeness (QED) is 0.704. The Morgan fingerprint density at radius 2 is 1.85 bits per heavy atom. The number of amides is 1. The third-order valence-electron chi connectivity index (χ3n) is 3.71. The van der Waals surface area contributed by atoms with Crippen molar-refractivity contribution in [3.05, 3.63) is 76.2 Å². The monoisotopic (exact) mass is 387 g/mol. The van der Waals surface area contributed by atoms with E-state index in [1.54, 1.807) is 19.2 Å². The summed E-state index contributed by atoms with van der Waals surface area (Å²) < 4.78 is 5.15. The van der Waals surface area contributed by atoms with Crippen LogP contribution in [0.5, 0.6) is 5.75 Å². The topological polar surface area (TPSA) is 64.1 Å². The van der Waals surface area contributed by atoms with E-state index in [2.05, 4.69) is 15.3 Å². The minimum atomic E-state index is -0.317. The second-order valence-corrected chi connectivity index (χ2v) is 6.27. The van der Waals surface area contributed by atoms with Crippen LogP contribution in [0.1, 0.15) is 16.1 Å². The van der Waals surface area contributed by atoms with Gasteiger partial charge in [-0.15, -0.1) is 0 Å². The van der Waals surface area contributed by atoms with Crippen molar-refractivity contribution in [1.29, 1.82) is 0 Å². The lowest BCUT2D eigenvalue weighted by molar-refractivity contribution is 0.0950. The molecule has 1 N–H and O–H groups in total. The van der Waals surface area contributed by atoms with Crippen LogP contribution in [0.2, 0.25) is 10.0 Å². The molecule has 26 heavy (non-hydrogen) atoms. The fraction of sp³-hybridized carbons (Fsp3) is 0.105. The number of hydrogen-bond donors (Lipinski definition) is 1. The maximum absolute atomic E-state index is 12.3. The molecule has 0 saturated heterocycles. The van der Waals surface area contributed by atoms with Gasteiger partial charge in [0.1, 0.15) is 12.1 Å². The van der Waals surface area contributed by atoms with Gasteiger partial charge in [0.15, 0.2) is 0 Å². The second kappa shape index (κ2) is 8.17. The summed E-state index contributed by atoms with van der Waals surface area (Å²) in [6.45, 7) is 0.243. The lowest BCUT2D eigenvalue weighted by Gasteiger charge is -2.08. The van der Waals surface area contributed by atoms with Crippen molar-refractivity contribution in [3.63, 3.8) is 0 Å². The Hall–Kier alpha value is -2.63. The molecule has 0 spiro atoms. The third-order valence-corrected chi connectivity index (χ3v) is 4.28. The molecule has 1 aromatic heterocycles. The predicted molar refractivity (Wildman–Crippen MR) is 102 cm³/mol. The summed E-state index contributed by atoms with van der Waals surface area (Å²) in [5.41, 5.74) is 2.69. The van der Waals surface area contributed by atoms with Gasteiger partial charge in [0, 0.05) is 10.6 Å². The van der Waals surface area contributed by atoms with E-state index in [0.717, 1.165) is 17.0 Å². The molecule has 0 unspecified atom stereocenters. The average Bonchev–Trinajstić information content (AvgIpc) is 2.68. The Bertz CT molecular complexity index is 930. The van der Waals surface area contributed by atoms with Crippen molar-refractivity contribution in [2.45, 2.75) is 6.54 Å². The highest BCUT2D eigenvalue weighted by Crippen LogP contribution is 2.22. The van der Waals surface area contributed by atoms with Gasteiger partial charge in [-0.1, -0.05) is 23.2 Å². The molecule has 7 heteroatoms. The van der Waals surface area contributed by atoms with E-state index in [0.29, 0.717) is 21.3 Å². The largest absolute Gasteiger partial charge is 0.497 e. The number of carbonyl (C=O) groups excluding carboxylic acids is 1. The van der Waals surface area contributed by atoms with Crippen molar-refractivity contribution < 1.29 is 9.53 Å². The Kier molecular flexibility index (Phi) is 5.71. The number of carbonyl (C=O) groups is 1. The number of halogens is 2. The zero-order chi connectivity index (χ0) is 18.5. The number of ether oxygens (including phenoxy) is 1. The van der Waals surface area contributed by atoms with E-state index in [1.165, 1.54) is 12.4 Å². The Morgan fingerprint density at radius 1 is 1.08 bits per heavy atom. The van der Waals surface area contributed by atoms with E-state index < -0.39 is 0 Å². The van der Waals surface area contributed by atoms with Gasteiger partial charge in [0.2, 0.25) is 0 Å². The van der Waals surface area contributed by atoms with Crippen LogP contribution in [-0.2, 0) is 6.54 Å². The molecule has 132 valence electrons. The van der Waals surface area contributed by atoms with Gasteiger partial charge in [-0.3, -0.25) is 4.79 Å². The fourth-order valence-corrected chi connectivity index (χ4v) is 2.73. The summed E-state index contributed by atoms with van der Waals surface area (Å²) in [4.78, 5) is 20.8. The van der Waals surface area contributed by atoms with Crippen LogP contribution in [0.25, 0.3) is 11.3 Å². The molecular formula is C19H15Cl2N3O2. The number of nitrogens with one attached hydrogen (secondary N) is 1. The van der Waals surface area contributed by atoms with Crippen LogP contribution in [0.15, 0.2) is 54.9 Å². The summed E-state index contributed by atoms with van der Waals surface area (Å²) in [5.74, 6) is 0.454. The first kappa shape index (κ1) is 18.2. The molecule has 3 rings (SSSR count). The summed E-state index contributed by atoms with van der Waals surface area (Å²) in [6, 6.07) is 14.1. The summed E-state index contributed by atoms with van der Waals surface area (Å²) in [5, 5.41) is 3.58. The van der Waals surface area contributed by atoms with Crippen LogP contribution < -0.4 is 10.1 Å². The zero-order valence-corrected chi connectivity index (χ0v) is 15.4. The number of rotatable bonds is 5. The van der Waals surface area contributed by atoms with Gasteiger partial charge in [-0.25, -0.2) is 9.97 Å². The van der Waals surface area contributed by atoms with Crippen molar-refractivity contribution in [2.75, 3.05) is 7.11 Å². The van der Waals surface area contributed by atoms with Crippen molar-refractivity contribution in [1.82, 2.24) is 15.3 Å². The van der Waals surface area contributed by atoms with E-state index in [1.807, 2.05) is 30.3 Å². The summed E-state index contributed by atoms with van der Waals surface area (Å²) in [6.07, 6.45) is 1.47. The SMILES string of the molecule is COc1ccc(-c2cc(CNC(=O)c3cc(Cl)ccc3Cl)ncn2)cc1. The normalized spacial score (nSPS) is 10.4. The number of hydrogen-bond acceptors (Lipinski definition) is 4. The molecule has 0 aliphatic carbocycles. The van der Waals surface area contributed by atoms with Crippen molar-refractivity contribution in [3.8, 4) is 17.0 Å². The maximum Gasteiger partial charge on any atom is 0.253 e. The van der Waals surface area contributed by atoms with Crippen molar-refractivity contribution in [2.24, 2.45) is 0 Å². The van der Waals surface area contributed by atoms with E-state index in [9.17, 15) is 4.79 Å². The Labute approximate surface area is 161 Å². The second-order valence-electron chi connectivity index (χ2n) is 5.43. The number of benzene rings is 2. The molecule has 0 aliphatic rings. The highest BCUT2D eigenvalue weighted by Gasteiger charge is 2.11. The molecule has 1 heterocycles. The molecule has 0 atom stereocenters. The van der Waals surface area contributed by atoms with Crippen LogP contribution in [0.4, 0.5) is 0 Å². The van der Waals surface area contributed by atoms with Gasteiger partial charge in [-0.05, 0) is 48.5 Å². The minimum Gasteiger partial charge on any atom is -0.497 e. The predicted octanol–water partition coefficient (Wildman–Crippen LogP) is 4.39. The summed E-state index contributed by atoms with van der Waals surface area (Å²) in [7, 11) is 1.62. The van der Waals surface area contributed by atoms with Crippen molar-refractivity contribution >= 4 is 29.1 Å². The first-order valence-electron chi connectivity index (χ1n) is 7.75. The van der Waals surface area contributed by atoms with E-state index in [-0.39, 0.29) is 12.5 Å². The van der Waals surface area contributed by atoms with Gasteiger partial charge in [0.25, 0.3) is 5.91 Å². The zero-order valence-electron chi connectivity index (χ0n) is 13.9. The number of aromatic nitrogens is 2. The average molecular weight is 388 g/mol. The third kappa shape index (κ3) is 4.31. The molecule has 0 fully saturated rings. The van der Waals surface area contributed by atoms with Crippen LogP contribution in [0.3, 0.4) is 0 Å². The molecular weight excluding hydrogens is 373 g/mol. The van der Waals surface area contributed by atoms with Gasteiger partial charge in [0.05, 0.1) is 35.6 Å². The molecule has 0 radical (unpaired) electrons. The lowest BCUT2D eigenvalue weighted by Crippen LogP contribution is -2.23. The summed E-state index contributed by atoms with van der Waals surface area (Å²) >= 11 is 12.0. The Balaban J connectivity index is 1.72. The van der Waals surface area contributed by atoms with Gasteiger partial charge in [-0.2, -0.15) is 0 Å². The minimum absolute atomic E-state index is 0.243. The molecule has 3 aromatic rings. The molecule has 0 aliphatic heterocycles. The van der Waals surface area contributed by atoms with Crippen LogP contribution in [-0.4, -0.2) is 23.0 Å². The standard InChI is InChI=1S/C19H15Cl2N3O2/c1-26-15-5-2-12(3-6-15)18-9-14(23-11-24-18)10-22-19(25)16-8-13(20)4-7-17(16)21/h2-9,11H,10H2,1H3,(H,22,25). The molecule has 1 amide bonds.